The van der Waals surface area contributed by atoms with Crippen molar-refractivity contribution in [3.8, 4) is 0 Å². The summed E-state index contributed by atoms with van der Waals surface area (Å²) in [6.07, 6.45) is 5.51. The van der Waals surface area contributed by atoms with Crippen molar-refractivity contribution in [3.63, 3.8) is 0 Å². The number of carbonyl (C=O) groups is 2. The maximum atomic E-state index is 12.4. The van der Waals surface area contributed by atoms with Gasteiger partial charge in [-0.15, -0.1) is 0 Å². The Bertz CT molecular complexity index is 577. The van der Waals surface area contributed by atoms with Crippen molar-refractivity contribution < 1.29 is 24.5 Å². The molecule has 24 heavy (non-hydrogen) atoms. The third-order valence-corrected chi connectivity index (χ3v) is 6.77. The fourth-order valence-electron chi connectivity index (χ4n) is 5.37. The lowest BCUT2D eigenvalue weighted by Crippen LogP contribution is -2.93. The largest absolute Gasteiger partial charge is 0.462 e. The van der Waals surface area contributed by atoms with E-state index in [0.717, 1.165) is 19.3 Å². The summed E-state index contributed by atoms with van der Waals surface area (Å²) in [6, 6.07) is -0.254. The fraction of sp³-hybridized carbons (Fsp3) is 0.778. The number of nitrogens with two attached hydrogens (primary N) is 1. The van der Waals surface area contributed by atoms with E-state index in [4.69, 9.17) is 9.57 Å². The van der Waals surface area contributed by atoms with Crippen molar-refractivity contribution in [1.82, 2.24) is 5.48 Å². The van der Waals surface area contributed by atoms with E-state index < -0.39 is 0 Å². The quantitative estimate of drug-likeness (QED) is 0.574. The van der Waals surface area contributed by atoms with Crippen LogP contribution in [0.4, 0.5) is 0 Å². The number of hydrogen-bond donors (Lipinski definition) is 2. The number of fused-ring (bicyclic) bond motifs is 2. The first-order valence-electron chi connectivity index (χ1n) is 9.11. The summed E-state index contributed by atoms with van der Waals surface area (Å²) in [5.74, 6) is 0.431. The van der Waals surface area contributed by atoms with Gasteiger partial charge >= 0.3 is 11.9 Å². The lowest BCUT2D eigenvalue weighted by atomic mass is 9.55. The van der Waals surface area contributed by atoms with E-state index >= 15 is 0 Å². The summed E-state index contributed by atoms with van der Waals surface area (Å²) in [5, 5.41) is 1.93. The second kappa shape index (κ2) is 5.85. The Kier molecular flexibility index (Phi) is 3.92. The lowest BCUT2D eigenvalue weighted by Gasteiger charge is -2.49. The van der Waals surface area contributed by atoms with Gasteiger partial charge in [0.25, 0.3) is 0 Å². The molecular weight excluding hydrogens is 308 g/mol. The van der Waals surface area contributed by atoms with Crippen LogP contribution in [0.2, 0.25) is 0 Å². The predicted octanol–water partition coefficient (Wildman–Crippen LogP) is 0.294. The lowest BCUT2D eigenvalue weighted by molar-refractivity contribution is -0.679. The zero-order chi connectivity index (χ0) is 16.9. The van der Waals surface area contributed by atoms with Gasteiger partial charge in [-0.1, -0.05) is 19.1 Å². The molecule has 4 rings (SSSR count). The number of carbonyl (C=O) groups excluding carboxylic acids is 2. The summed E-state index contributed by atoms with van der Waals surface area (Å²) in [4.78, 5) is 29.0. The van der Waals surface area contributed by atoms with Gasteiger partial charge in [0.15, 0.2) is 6.04 Å². The molecule has 2 heterocycles. The first kappa shape index (κ1) is 16.1. The van der Waals surface area contributed by atoms with E-state index in [1.165, 1.54) is 18.4 Å². The summed E-state index contributed by atoms with van der Waals surface area (Å²) in [6.45, 7) is 7.60. The molecule has 3 N–H and O–H groups in total. The fourth-order valence-corrected chi connectivity index (χ4v) is 5.37. The van der Waals surface area contributed by atoms with Crippen LogP contribution in [0.15, 0.2) is 12.2 Å². The molecule has 6 atom stereocenters. The second-order valence-corrected chi connectivity index (χ2v) is 8.26. The number of hydroxylamine groups is 1. The van der Waals surface area contributed by atoms with Crippen molar-refractivity contribution >= 4 is 11.9 Å². The highest BCUT2D eigenvalue weighted by molar-refractivity contribution is 5.80. The van der Waals surface area contributed by atoms with E-state index in [-0.39, 0.29) is 41.3 Å². The van der Waals surface area contributed by atoms with Gasteiger partial charge in [0.1, 0.15) is 18.6 Å². The van der Waals surface area contributed by atoms with E-state index in [1.807, 2.05) is 5.32 Å². The number of hydrogen-bond acceptors (Lipinski definition) is 4. The number of esters is 1. The van der Waals surface area contributed by atoms with Gasteiger partial charge < -0.3 is 10.1 Å². The zero-order valence-corrected chi connectivity index (χ0v) is 14.3. The van der Waals surface area contributed by atoms with Crippen molar-refractivity contribution in [1.29, 1.82) is 0 Å². The first-order valence-corrected chi connectivity index (χ1v) is 9.11. The van der Waals surface area contributed by atoms with Crippen LogP contribution in [0.25, 0.3) is 0 Å². The molecule has 4 fully saturated rings. The van der Waals surface area contributed by atoms with Gasteiger partial charge in [0, 0.05) is 5.92 Å². The third-order valence-electron chi connectivity index (χ3n) is 6.77. The molecule has 6 nitrogen and oxygen atoms in total. The molecule has 2 aliphatic carbocycles. The Hall–Kier alpha value is -1.40. The van der Waals surface area contributed by atoms with E-state index in [9.17, 15) is 9.59 Å². The second-order valence-electron chi connectivity index (χ2n) is 8.26. The summed E-state index contributed by atoms with van der Waals surface area (Å²) >= 11 is 0. The minimum atomic E-state index is -0.254. The monoisotopic (exact) mass is 335 g/mol. The van der Waals surface area contributed by atoms with Crippen LogP contribution in [0.3, 0.4) is 0 Å². The molecule has 2 saturated heterocycles. The molecule has 4 aliphatic rings. The highest BCUT2D eigenvalue weighted by Gasteiger charge is 2.55. The molecule has 0 unspecified atom stereocenters. The molecule has 0 aromatic carbocycles. The van der Waals surface area contributed by atoms with Crippen LogP contribution in [-0.2, 0) is 19.2 Å². The maximum absolute atomic E-state index is 12.4. The van der Waals surface area contributed by atoms with Crippen LogP contribution in [0.1, 0.15) is 39.0 Å². The van der Waals surface area contributed by atoms with Gasteiger partial charge in [-0.2, -0.15) is 0 Å². The molecule has 2 aliphatic heterocycles. The molecular formula is C18H27N2O4+. The molecule has 0 aromatic heterocycles. The SMILES string of the molecule is C=C1CCC[C@]2(C)C[C@H]3OC(=O)[C@@H](C[NH2+][C@@H]4CONC4=O)[C@H]3C[C@@H]12. The first-order chi connectivity index (χ1) is 11.5. The summed E-state index contributed by atoms with van der Waals surface area (Å²) < 4.78 is 5.75. The van der Waals surface area contributed by atoms with Gasteiger partial charge in [-0.05, 0) is 43.4 Å². The van der Waals surface area contributed by atoms with Crippen LogP contribution < -0.4 is 10.8 Å². The van der Waals surface area contributed by atoms with Crippen LogP contribution in [0, 0.1) is 23.2 Å². The smallest absolute Gasteiger partial charge is 0.315 e. The average molecular weight is 335 g/mol. The van der Waals surface area contributed by atoms with Crippen LogP contribution in [-0.4, -0.2) is 37.2 Å². The Morgan fingerprint density at radius 2 is 2.25 bits per heavy atom. The van der Waals surface area contributed by atoms with Crippen molar-refractivity contribution in [3.05, 3.63) is 12.2 Å². The summed E-state index contributed by atoms with van der Waals surface area (Å²) in [7, 11) is 0. The van der Waals surface area contributed by atoms with Crippen LogP contribution >= 0.6 is 0 Å². The normalized spacial score (nSPS) is 44.7. The third kappa shape index (κ3) is 2.56. The Balaban J connectivity index is 1.46. The van der Waals surface area contributed by atoms with Crippen molar-refractivity contribution in [2.45, 2.75) is 51.2 Å². The van der Waals surface area contributed by atoms with Gasteiger partial charge in [-0.3, -0.25) is 14.4 Å². The van der Waals surface area contributed by atoms with Gasteiger partial charge in [0.2, 0.25) is 0 Å². The van der Waals surface area contributed by atoms with Crippen molar-refractivity contribution in [2.24, 2.45) is 23.2 Å². The van der Waals surface area contributed by atoms with E-state index in [2.05, 4.69) is 19.0 Å². The molecule has 0 radical (unpaired) electrons. The molecule has 0 aromatic rings. The highest BCUT2D eigenvalue weighted by atomic mass is 16.7. The standard InChI is InChI=1S/C18H26N2O4/c1-10-4-3-5-18(2)7-15-11(6-13(10)18)12(17(22)24-15)8-19-14-9-23-20-16(14)21/h11-15,19H,1,3-9H2,2H3,(H,20,21)/p+1/t11-,12+,13+,14-,15-,18-/m1/s1. The number of quaternary nitrogens is 1. The Morgan fingerprint density at radius 1 is 1.42 bits per heavy atom. The Morgan fingerprint density at radius 3 is 3.00 bits per heavy atom. The molecule has 6 heteroatoms. The van der Waals surface area contributed by atoms with E-state index in [1.54, 1.807) is 0 Å². The van der Waals surface area contributed by atoms with Crippen LogP contribution in [0.5, 0.6) is 0 Å². The number of allylic oxidation sites excluding steroid dienone is 1. The van der Waals surface area contributed by atoms with Crippen molar-refractivity contribution in [2.75, 3.05) is 13.2 Å². The minimum absolute atomic E-state index is 0.0386. The minimum Gasteiger partial charge on any atom is -0.462 e. The summed E-state index contributed by atoms with van der Waals surface area (Å²) in [5.41, 5.74) is 3.95. The van der Waals surface area contributed by atoms with E-state index in [0.29, 0.717) is 19.1 Å². The topological polar surface area (TPSA) is 81.2 Å². The Labute approximate surface area is 142 Å². The molecule has 0 bridgehead atoms. The molecule has 0 spiro atoms. The average Bonchev–Trinajstić information content (AvgIpc) is 3.05. The molecule has 132 valence electrons. The van der Waals surface area contributed by atoms with Gasteiger partial charge in [0.05, 0.1) is 6.54 Å². The molecule has 2 saturated carbocycles. The predicted molar refractivity (Wildman–Crippen MR) is 85.4 cm³/mol. The van der Waals surface area contributed by atoms with Gasteiger partial charge in [-0.25, -0.2) is 5.48 Å². The number of amides is 1. The number of ether oxygens (including phenoxy) is 1. The molecule has 1 amide bonds. The highest BCUT2D eigenvalue weighted by Crippen LogP contribution is 2.56. The zero-order valence-electron chi connectivity index (χ0n) is 14.3. The number of rotatable bonds is 3. The number of nitrogens with one attached hydrogen (secondary N) is 1. The maximum Gasteiger partial charge on any atom is 0.315 e.